The summed E-state index contributed by atoms with van der Waals surface area (Å²) in [6.45, 7) is 2.25. The van der Waals surface area contributed by atoms with Gasteiger partial charge in [0, 0.05) is 19.0 Å². The summed E-state index contributed by atoms with van der Waals surface area (Å²) in [5.74, 6) is 0.324. The molecule has 1 aliphatic rings. The topological polar surface area (TPSA) is 103 Å². The third-order valence-electron chi connectivity index (χ3n) is 3.62. The van der Waals surface area contributed by atoms with Crippen molar-refractivity contribution >= 4 is 34.9 Å². The van der Waals surface area contributed by atoms with Crippen LogP contribution in [0, 0.1) is 0 Å². The standard InChI is InChI=1S/C15H19N5O2S2/c1-9(14(22)17-10-4-5-10)24-15-19-18-13(11-3-2-8-23-11)20(15)7-6-12(16)21/h2-3,8-10H,4-7H2,1H3,(H2,16,21)(H,17,22). The van der Waals surface area contributed by atoms with E-state index in [1.165, 1.54) is 11.8 Å². The Bertz CT molecular complexity index is 724. The van der Waals surface area contributed by atoms with Gasteiger partial charge in [0.15, 0.2) is 11.0 Å². The predicted octanol–water partition coefficient (Wildman–Crippen LogP) is 1.64. The zero-order valence-corrected chi connectivity index (χ0v) is 14.9. The number of thiophene rings is 1. The van der Waals surface area contributed by atoms with Crippen LogP contribution in [0.1, 0.15) is 26.2 Å². The first-order chi connectivity index (χ1) is 11.5. The molecule has 128 valence electrons. The highest BCUT2D eigenvalue weighted by Gasteiger charge is 2.27. The van der Waals surface area contributed by atoms with Gasteiger partial charge in [-0.15, -0.1) is 21.5 Å². The Hall–Kier alpha value is -1.87. The van der Waals surface area contributed by atoms with Gasteiger partial charge in [-0.05, 0) is 31.2 Å². The van der Waals surface area contributed by atoms with Crippen LogP contribution in [0.5, 0.6) is 0 Å². The number of nitrogens with two attached hydrogens (primary N) is 1. The number of thioether (sulfide) groups is 1. The summed E-state index contributed by atoms with van der Waals surface area (Å²) in [5.41, 5.74) is 5.28. The van der Waals surface area contributed by atoms with Gasteiger partial charge in [0.05, 0.1) is 10.1 Å². The van der Waals surface area contributed by atoms with E-state index in [0.29, 0.717) is 23.6 Å². The lowest BCUT2D eigenvalue weighted by Crippen LogP contribution is -2.32. The van der Waals surface area contributed by atoms with Crippen LogP contribution in [0.3, 0.4) is 0 Å². The Balaban J connectivity index is 1.78. The van der Waals surface area contributed by atoms with E-state index in [1.807, 2.05) is 29.0 Å². The molecule has 0 aliphatic heterocycles. The molecular weight excluding hydrogens is 346 g/mol. The minimum absolute atomic E-state index is 0.00428. The summed E-state index contributed by atoms with van der Waals surface area (Å²) in [5, 5.41) is 13.8. The maximum absolute atomic E-state index is 12.1. The molecular formula is C15H19N5O2S2. The minimum Gasteiger partial charge on any atom is -0.370 e. The first-order valence-corrected chi connectivity index (χ1v) is 9.53. The molecule has 0 spiro atoms. The van der Waals surface area contributed by atoms with E-state index in [1.54, 1.807) is 11.3 Å². The third kappa shape index (κ3) is 4.15. The molecule has 7 nitrogen and oxygen atoms in total. The van der Waals surface area contributed by atoms with Gasteiger partial charge in [-0.2, -0.15) is 0 Å². The molecule has 1 saturated carbocycles. The summed E-state index contributed by atoms with van der Waals surface area (Å²) in [4.78, 5) is 24.3. The largest absolute Gasteiger partial charge is 0.370 e. The lowest BCUT2D eigenvalue weighted by atomic mass is 10.4. The number of hydrogen-bond acceptors (Lipinski definition) is 6. The molecule has 1 unspecified atom stereocenters. The SMILES string of the molecule is CC(Sc1nnc(-c2cccs2)n1CCC(N)=O)C(=O)NC1CC1. The van der Waals surface area contributed by atoms with Crippen molar-refractivity contribution in [2.75, 3.05) is 0 Å². The van der Waals surface area contributed by atoms with E-state index in [0.717, 1.165) is 17.7 Å². The molecule has 2 aromatic heterocycles. The number of carbonyl (C=O) groups excluding carboxylic acids is 2. The second-order valence-corrected chi connectivity index (χ2v) is 7.95. The molecule has 9 heteroatoms. The molecule has 1 aliphatic carbocycles. The fourth-order valence-electron chi connectivity index (χ4n) is 2.15. The second-order valence-electron chi connectivity index (χ2n) is 5.69. The Morgan fingerprint density at radius 1 is 1.50 bits per heavy atom. The van der Waals surface area contributed by atoms with E-state index in [4.69, 9.17) is 5.73 Å². The number of amides is 2. The average Bonchev–Trinajstić information content (AvgIpc) is 3.04. The smallest absolute Gasteiger partial charge is 0.233 e. The number of nitrogens with one attached hydrogen (secondary N) is 1. The second kappa shape index (κ2) is 7.35. The fourth-order valence-corrected chi connectivity index (χ4v) is 3.75. The van der Waals surface area contributed by atoms with Gasteiger partial charge in [-0.1, -0.05) is 17.8 Å². The zero-order valence-electron chi connectivity index (χ0n) is 13.3. The van der Waals surface area contributed by atoms with Crippen molar-refractivity contribution < 1.29 is 9.59 Å². The maximum atomic E-state index is 12.1. The van der Waals surface area contributed by atoms with Crippen LogP contribution in [0.2, 0.25) is 0 Å². The van der Waals surface area contributed by atoms with Gasteiger partial charge in [0.25, 0.3) is 0 Å². The molecule has 0 aromatic carbocycles. The normalized spacial score (nSPS) is 15.2. The van der Waals surface area contributed by atoms with Crippen LogP contribution >= 0.6 is 23.1 Å². The highest BCUT2D eigenvalue weighted by atomic mass is 32.2. The van der Waals surface area contributed by atoms with Crippen molar-refractivity contribution in [1.29, 1.82) is 0 Å². The lowest BCUT2D eigenvalue weighted by molar-refractivity contribution is -0.120. The van der Waals surface area contributed by atoms with Crippen LogP contribution in [0.4, 0.5) is 0 Å². The Morgan fingerprint density at radius 2 is 2.29 bits per heavy atom. The number of carbonyl (C=O) groups is 2. The van der Waals surface area contributed by atoms with Crippen molar-refractivity contribution in [3.63, 3.8) is 0 Å². The van der Waals surface area contributed by atoms with Crippen molar-refractivity contribution in [3.8, 4) is 10.7 Å². The number of rotatable bonds is 8. The van der Waals surface area contributed by atoms with Crippen molar-refractivity contribution in [1.82, 2.24) is 20.1 Å². The van der Waals surface area contributed by atoms with Gasteiger partial charge >= 0.3 is 0 Å². The molecule has 3 N–H and O–H groups in total. The van der Waals surface area contributed by atoms with Crippen molar-refractivity contribution in [2.24, 2.45) is 5.73 Å². The van der Waals surface area contributed by atoms with Gasteiger partial charge in [-0.3, -0.25) is 9.59 Å². The lowest BCUT2D eigenvalue weighted by Gasteiger charge is -2.12. The molecule has 0 bridgehead atoms. The summed E-state index contributed by atoms with van der Waals surface area (Å²) >= 11 is 2.90. The van der Waals surface area contributed by atoms with Gasteiger partial charge < -0.3 is 15.6 Å². The number of nitrogens with zero attached hydrogens (tertiary/aromatic N) is 3. The molecule has 2 amide bonds. The zero-order chi connectivity index (χ0) is 17.1. The molecule has 0 radical (unpaired) electrons. The van der Waals surface area contributed by atoms with Crippen molar-refractivity contribution in [3.05, 3.63) is 17.5 Å². The Kier molecular flexibility index (Phi) is 5.20. The van der Waals surface area contributed by atoms with Gasteiger partial charge in [0.1, 0.15) is 0 Å². The predicted molar refractivity (Wildman–Crippen MR) is 93.6 cm³/mol. The van der Waals surface area contributed by atoms with Gasteiger partial charge in [0.2, 0.25) is 11.8 Å². The van der Waals surface area contributed by atoms with Gasteiger partial charge in [-0.25, -0.2) is 0 Å². The van der Waals surface area contributed by atoms with E-state index < -0.39 is 0 Å². The van der Waals surface area contributed by atoms with E-state index in [-0.39, 0.29) is 23.5 Å². The highest BCUT2D eigenvalue weighted by molar-refractivity contribution is 8.00. The number of aromatic nitrogens is 3. The average molecular weight is 365 g/mol. The fraction of sp³-hybridized carbons (Fsp3) is 0.467. The number of hydrogen-bond donors (Lipinski definition) is 2. The molecule has 1 fully saturated rings. The quantitative estimate of drug-likeness (QED) is 0.692. The molecule has 24 heavy (non-hydrogen) atoms. The first kappa shape index (κ1) is 17.0. The summed E-state index contributed by atoms with van der Waals surface area (Å²) < 4.78 is 1.86. The summed E-state index contributed by atoms with van der Waals surface area (Å²) in [7, 11) is 0. The summed E-state index contributed by atoms with van der Waals surface area (Å²) in [6.07, 6.45) is 2.31. The van der Waals surface area contributed by atoms with Crippen LogP contribution in [0.15, 0.2) is 22.7 Å². The highest BCUT2D eigenvalue weighted by Crippen LogP contribution is 2.30. The van der Waals surface area contributed by atoms with Crippen LogP contribution in [0.25, 0.3) is 10.7 Å². The Morgan fingerprint density at radius 3 is 2.92 bits per heavy atom. The Labute approximate surface area is 148 Å². The number of primary amides is 1. The van der Waals surface area contributed by atoms with E-state index >= 15 is 0 Å². The van der Waals surface area contributed by atoms with Crippen LogP contribution in [-0.4, -0.2) is 37.9 Å². The molecule has 2 heterocycles. The third-order valence-corrected chi connectivity index (χ3v) is 5.56. The van der Waals surface area contributed by atoms with Crippen LogP contribution in [-0.2, 0) is 16.1 Å². The molecule has 2 aromatic rings. The van der Waals surface area contributed by atoms with E-state index in [2.05, 4.69) is 15.5 Å². The van der Waals surface area contributed by atoms with Crippen molar-refractivity contribution in [2.45, 2.75) is 49.2 Å². The maximum Gasteiger partial charge on any atom is 0.233 e. The molecule has 0 saturated heterocycles. The summed E-state index contributed by atoms with van der Waals surface area (Å²) in [6, 6.07) is 4.22. The monoisotopic (exact) mass is 365 g/mol. The minimum atomic E-state index is -0.378. The molecule has 1 atom stereocenters. The van der Waals surface area contributed by atoms with E-state index in [9.17, 15) is 9.59 Å². The first-order valence-electron chi connectivity index (χ1n) is 7.77. The van der Waals surface area contributed by atoms with Crippen LogP contribution < -0.4 is 11.1 Å². The molecule has 3 rings (SSSR count).